The maximum Gasteiger partial charge on any atom is 0.416 e. The van der Waals surface area contributed by atoms with E-state index >= 15 is 8.78 Å². The van der Waals surface area contributed by atoms with Gasteiger partial charge < -0.3 is 14.8 Å². The molecular formula is C40H39F6N3O5. The fourth-order valence-electron chi connectivity index (χ4n) is 7.04. The Morgan fingerprint density at radius 3 is 2.41 bits per heavy atom. The van der Waals surface area contributed by atoms with Crippen molar-refractivity contribution in [1.82, 2.24) is 14.8 Å². The number of carbonyl (C=O) groups is 2. The monoisotopic (exact) mass is 755 g/mol. The minimum Gasteiger partial charge on any atom is -0.488 e. The topological polar surface area (TPSA) is 89.9 Å². The van der Waals surface area contributed by atoms with E-state index in [0.29, 0.717) is 33.1 Å². The molecule has 1 saturated heterocycles. The first kappa shape index (κ1) is 38.6. The maximum atomic E-state index is 16.2. The van der Waals surface area contributed by atoms with Crippen LogP contribution in [0.3, 0.4) is 0 Å². The van der Waals surface area contributed by atoms with E-state index < -0.39 is 65.5 Å². The first-order chi connectivity index (χ1) is 25.5. The Hall–Kier alpha value is -5.11. The molecule has 6 rings (SSSR count). The standard InChI is InChI=1S/C40H39F6N3O5/c1-5-53-35(51)16-32-29-14-26(12-22(3)37(29)43)36-23(4)21(2)6-9-33(36)54-20-24-7-8-31(42)28(13-24)38(39(52)47-32)49-17-25(10-11-48-18-27(41)19-48)30(15-34(49)50)40(44,45)46/h6-9,12-15,17,27,32,38H,5,10-11,16,18-20H2,1-4H3,(H,47,52)/t32-,38-/m0/s1. The van der Waals surface area contributed by atoms with Crippen molar-refractivity contribution in [3.05, 3.63) is 121 Å². The molecular weight excluding hydrogens is 716 g/mol. The maximum absolute atomic E-state index is 16.2. The molecule has 0 unspecified atom stereocenters. The lowest BCUT2D eigenvalue weighted by Crippen LogP contribution is -2.49. The number of hydrogen-bond donors (Lipinski definition) is 1. The SMILES string of the molecule is CCOC(=O)C[C@@H]1NC(=O)[C@@H](n2cc(CCN3CC(F)C3)c(C(F)(F)F)cc2=O)c2cc(ccc2F)COc2ccc(C)c(C)c2-c2cc(C)c(F)c1c2. The number of nitrogens with one attached hydrogen (secondary N) is 1. The number of rotatable bonds is 7. The summed E-state index contributed by atoms with van der Waals surface area (Å²) in [5, 5.41) is 2.63. The van der Waals surface area contributed by atoms with Gasteiger partial charge in [-0.2, -0.15) is 13.2 Å². The van der Waals surface area contributed by atoms with Crippen molar-refractivity contribution >= 4 is 11.9 Å². The van der Waals surface area contributed by atoms with Crippen molar-refractivity contribution in [2.75, 3.05) is 26.2 Å². The number of halogens is 6. The number of alkyl halides is 4. The number of aryl methyl sites for hydroxylation is 2. The van der Waals surface area contributed by atoms with E-state index in [2.05, 4.69) is 5.32 Å². The Labute approximate surface area is 307 Å². The van der Waals surface area contributed by atoms with Crippen LogP contribution in [0.1, 0.15) is 69.9 Å². The molecule has 3 heterocycles. The Kier molecular flexibility index (Phi) is 11.0. The summed E-state index contributed by atoms with van der Waals surface area (Å²) >= 11 is 0. The van der Waals surface area contributed by atoms with Crippen LogP contribution in [0.4, 0.5) is 26.3 Å². The molecule has 286 valence electrons. The number of pyridine rings is 1. The Balaban J connectivity index is 1.57. The minimum absolute atomic E-state index is 0.0246. The molecule has 1 N–H and O–H groups in total. The molecule has 0 spiro atoms. The molecule has 2 atom stereocenters. The highest BCUT2D eigenvalue weighted by molar-refractivity contribution is 5.85. The molecule has 4 aromatic rings. The smallest absolute Gasteiger partial charge is 0.416 e. The molecule has 4 bridgehead atoms. The van der Waals surface area contributed by atoms with Gasteiger partial charge in [-0.05, 0) is 97.8 Å². The van der Waals surface area contributed by atoms with Crippen LogP contribution < -0.4 is 15.6 Å². The van der Waals surface area contributed by atoms with Crippen LogP contribution in [0.2, 0.25) is 0 Å². The zero-order valence-electron chi connectivity index (χ0n) is 30.1. The van der Waals surface area contributed by atoms with Crippen molar-refractivity contribution in [2.24, 2.45) is 0 Å². The summed E-state index contributed by atoms with van der Waals surface area (Å²) < 4.78 is 101. The molecule has 8 nitrogen and oxygen atoms in total. The van der Waals surface area contributed by atoms with Crippen LogP contribution >= 0.6 is 0 Å². The number of carbonyl (C=O) groups excluding carboxylic acids is 2. The van der Waals surface area contributed by atoms with Gasteiger partial charge in [-0.25, -0.2) is 13.2 Å². The second kappa shape index (κ2) is 15.3. The highest BCUT2D eigenvalue weighted by Crippen LogP contribution is 2.40. The number of fused-ring (bicyclic) bond motifs is 6. The molecule has 54 heavy (non-hydrogen) atoms. The average molecular weight is 756 g/mol. The van der Waals surface area contributed by atoms with Gasteiger partial charge in [0.1, 0.15) is 36.2 Å². The summed E-state index contributed by atoms with van der Waals surface area (Å²) in [4.78, 5) is 42.8. The van der Waals surface area contributed by atoms with Crippen molar-refractivity contribution in [3.8, 4) is 16.9 Å². The Morgan fingerprint density at radius 1 is 0.981 bits per heavy atom. The highest BCUT2D eigenvalue weighted by atomic mass is 19.4. The number of ether oxygens (including phenoxy) is 2. The van der Waals surface area contributed by atoms with Gasteiger partial charge in [-0.15, -0.1) is 0 Å². The third-order valence-electron chi connectivity index (χ3n) is 9.99. The second-order valence-corrected chi connectivity index (χ2v) is 13.8. The van der Waals surface area contributed by atoms with Crippen LogP contribution in [0.25, 0.3) is 11.1 Å². The van der Waals surface area contributed by atoms with Gasteiger partial charge >= 0.3 is 12.1 Å². The number of esters is 1. The summed E-state index contributed by atoms with van der Waals surface area (Å²) in [6, 6.07) is 7.38. The summed E-state index contributed by atoms with van der Waals surface area (Å²) in [6.07, 6.45) is -6.05. The predicted molar refractivity (Wildman–Crippen MR) is 188 cm³/mol. The van der Waals surface area contributed by atoms with Crippen LogP contribution in [-0.2, 0) is 33.5 Å². The average Bonchev–Trinajstić information content (AvgIpc) is 3.09. The molecule has 2 aliphatic rings. The van der Waals surface area contributed by atoms with Crippen molar-refractivity contribution in [1.29, 1.82) is 0 Å². The zero-order chi connectivity index (χ0) is 39.1. The zero-order valence-corrected chi connectivity index (χ0v) is 30.1. The summed E-state index contributed by atoms with van der Waals surface area (Å²) in [7, 11) is 0. The van der Waals surface area contributed by atoms with Crippen LogP contribution in [-0.4, -0.2) is 53.8 Å². The molecule has 14 heteroatoms. The van der Waals surface area contributed by atoms with Gasteiger partial charge in [-0.1, -0.05) is 12.1 Å². The molecule has 1 fully saturated rings. The first-order valence-corrected chi connectivity index (χ1v) is 17.5. The van der Waals surface area contributed by atoms with E-state index in [1.165, 1.54) is 25.1 Å². The fourth-order valence-corrected chi connectivity index (χ4v) is 7.04. The lowest BCUT2D eigenvalue weighted by atomic mass is 9.90. The first-order valence-electron chi connectivity index (χ1n) is 17.5. The third-order valence-corrected chi connectivity index (χ3v) is 9.99. The van der Waals surface area contributed by atoms with E-state index in [0.717, 1.165) is 23.4 Å². The van der Waals surface area contributed by atoms with E-state index in [1.54, 1.807) is 24.0 Å². The van der Waals surface area contributed by atoms with Gasteiger partial charge in [0.05, 0.1) is 24.6 Å². The minimum atomic E-state index is -4.96. The molecule has 0 aliphatic carbocycles. The Morgan fingerprint density at radius 2 is 1.72 bits per heavy atom. The van der Waals surface area contributed by atoms with Gasteiger partial charge in [0, 0.05) is 48.6 Å². The van der Waals surface area contributed by atoms with E-state index in [1.807, 2.05) is 19.9 Å². The normalized spacial score (nSPS) is 17.9. The summed E-state index contributed by atoms with van der Waals surface area (Å²) in [6.45, 7) is 6.77. The number of likely N-dealkylation sites (tertiary alicyclic amines) is 1. The number of nitrogens with zero attached hydrogens (tertiary/aromatic N) is 2. The second-order valence-electron chi connectivity index (χ2n) is 13.8. The lowest BCUT2D eigenvalue weighted by molar-refractivity contribution is -0.144. The van der Waals surface area contributed by atoms with Gasteiger partial charge in [-0.3, -0.25) is 23.9 Å². The van der Waals surface area contributed by atoms with E-state index in [-0.39, 0.29) is 61.5 Å². The number of benzene rings is 3. The Bertz CT molecular complexity index is 2160. The van der Waals surface area contributed by atoms with Crippen molar-refractivity contribution in [2.45, 2.75) is 71.6 Å². The molecule has 0 saturated carbocycles. The van der Waals surface area contributed by atoms with Crippen molar-refractivity contribution in [3.63, 3.8) is 0 Å². The number of amides is 1. The molecule has 1 aromatic heterocycles. The van der Waals surface area contributed by atoms with E-state index in [4.69, 9.17) is 9.47 Å². The quantitative estimate of drug-likeness (QED) is 0.158. The highest BCUT2D eigenvalue weighted by Gasteiger charge is 2.38. The van der Waals surface area contributed by atoms with Gasteiger partial charge in [0.25, 0.3) is 5.56 Å². The molecule has 1 amide bonds. The molecule has 3 aromatic carbocycles. The summed E-state index contributed by atoms with van der Waals surface area (Å²) in [5.74, 6) is -3.23. The third kappa shape index (κ3) is 7.89. The molecule has 2 aliphatic heterocycles. The fraction of sp³-hybridized carbons (Fsp3) is 0.375. The van der Waals surface area contributed by atoms with Crippen LogP contribution in [0, 0.1) is 32.4 Å². The van der Waals surface area contributed by atoms with Crippen molar-refractivity contribution < 1.29 is 45.4 Å². The van der Waals surface area contributed by atoms with Crippen LogP contribution in [0.5, 0.6) is 5.75 Å². The van der Waals surface area contributed by atoms with Crippen LogP contribution in [0.15, 0.2) is 59.5 Å². The number of aromatic nitrogens is 1. The summed E-state index contributed by atoms with van der Waals surface area (Å²) in [5.41, 5.74) is -0.00562. The number of hydrogen-bond acceptors (Lipinski definition) is 6. The lowest BCUT2D eigenvalue weighted by Gasteiger charge is -2.34. The van der Waals surface area contributed by atoms with E-state index in [9.17, 15) is 31.9 Å². The molecule has 0 radical (unpaired) electrons. The van der Waals surface area contributed by atoms with Gasteiger partial charge in [0.15, 0.2) is 0 Å². The largest absolute Gasteiger partial charge is 0.488 e. The van der Waals surface area contributed by atoms with Gasteiger partial charge in [0.2, 0.25) is 5.91 Å². The predicted octanol–water partition coefficient (Wildman–Crippen LogP) is 7.23.